The Labute approximate surface area is 113 Å². The van der Waals surface area contributed by atoms with E-state index in [1.807, 2.05) is 29.2 Å². The van der Waals surface area contributed by atoms with E-state index in [0.717, 1.165) is 11.4 Å². The second-order valence-electron chi connectivity index (χ2n) is 4.67. The number of alkyl halides is 1. The number of rotatable bonds is 5. The highest BCUT2D eigenvalue weighted by molar-refractivity contribution is 6.29. The number of nitrogens with zero attached hydrogens (tertiary/aromatic N) is 1. The van der Waals surface area contributed by atoms with E-state index in [1.165, 1.54) is 12.8 Å². The van der Waals surface area contributed by atoms with Gasteiger partial charge in [-0.05, 0) is 49.9 Å². The van der Waals surface area contributed by atoms with Crippen LogP contribution in [0.3, 0.4) is 0 Å². The molecule has 0 heterocycles. The molecule has 1 atom stereocenters. The number of amides is 1. The molecule has 1 saturated carbocycles. The minimum absolute atomic E-state index is 0.0170. The van der Waals surface area contributed by atoms with E-state index < -0.39 is 0 Å². The second kappa shape index (κ2) is 5.61. The summed E-state index contributed by atoms with van der Waals surface area (Å²) in [7, 11) is 1.63. The van der Waals surface area contributed by atoms with Crippen LogP contribution in [-0.2, 0) is 4.79 Å². The van der Waals surface area contributed by atoms with Gasteiger partial charge in [-0.25, -0.2) is 0 Å². The fourth-order valence-electron chi connectivity index (χ4n) is 2.20. The molecule has 3 nitrogen and oxygen atoms in total. The lowest BCUT2D eigenvalue weighted by Crippen LogP contribution is -2.40. The quantitative estimate of drug-likeness (QED) is 0.768. The number of benzene rings is 1. The topological polar surface area (TPSA) is 29.5 Å². The molecule has 0 N–H and O–H groups in total. The first-order chi connectivity index (χ1) is 8.67. The van der Waals surface area contributed by atoms with Crippen LogP contribution in [0.1, 0.15) is 19.8 Å². The molecule has 1 aliphatic rings. The lowest BCUT2D eigenvalue weighted by molar-refractivity contribution is -0.116. The maximum atomic E-state index is 12.0. The molecule has 1 amide bonds. The van der Waals surface area contributed by atoms with Crippen molar-refractivity contribution in [2.75, 3.05) is 17.9 Å². The Bertz CT molecular complexity index is 414. The maximum absolute atomic E-state index is 12.0. The van der Waals surface area contributed by atoms with Gasteiger partial charge >= 0.3 is 0 Å². The van der Waals surface area contributed by atoms with E-state index in [0.29, 0.717) is 5.92 Å². The average Bonchev–Trinajstić information content (AvgIpc) is 3.23. The number of halogens is 1. The summed E-state index contributed by atoms with van der Waals surface area (Å²) in [6.45, 7) is 2.09. The minimum Gasteiger partial charge on any atom is -0.497 e. The number of carbonyl (C=O) groups is 1. The highest BCUT2D eigenvalue weighted by atomic mass is 35.5. The van der Waals surface area contributed by atoms with Crippen LogP contribution in [0.5, 0.6) is 5.75 Å². The van der Waals surface area contributed by atoms with Gasteiger partial charge in [0.15, 0.2) is 0 Å². The first-order valence-electron chi connectivity index (χ1n) is 6.19. The van der Waals surface area contributed by atoms with Crippen LogP contribution in [0.25, 0.3) is 0 Å². The molecule has 0 aromatic heterocycles. The van der Waals surface area contributed by atoms with Crippen molar-refractivity contribution < 1.29 is 9.53 Å². The van der Waals surface area contributed by atoms with Crippen LogP contribution < -0.4 is 9.64 Å². The first kappa shape index (κ1) is 13.2. The molecular formula is C14H18ClNO2. The summed E-state index contributed by atoms with van der Waals surface area (Å²) in [6.07, 6.45) is 2.40. The molecule has 1 aliphatic carbocycles. The zero-order valence-electron chi connectivity index (χ0n) is 10.7. The SMILES string of the molecule is COc1ccc(N(C(=O)CCl)C(C)C2CC2)cc1. The predicted octanol–water partition coefficient (Wildman–Crippen LogP) is 3.07. The molecular weight excluding hydrogens is 250 g/mol. The monoisotopic (exact) mass is 267 g/mol. The number of carbonyl (C=O) groups excluding carboxylic acids is 1. The minimum atomic E-state index is -0.0405. The number of anilines is 1. The van der Waals surface area contributed by atoms with Crippen LogP contribution in [0.15, 0.2) is 24.3 Å². The number of methoxy groups -OCH3 is 1. The van der Waals surface area contributed by atoms with E-state index >= 15 is 0 Å². The Hall–Kier alpha value is -1.22. The van der Waals surface area contributed by atoms with Crippen molar-refractivity contribution in [3.63, 3.8) is 0 Å². The van der Waals surface area contributed by atoms with Gasteiger partial charge in [0.2, 0.25) is 5.91 Å². The predicted molar refractivity (Wildman–Crippen MR) is 73.4 cm³/mol. The third-order valence-electron chi connectivity index (χ3n) is 3.45. The van der Waals surface area contributed by atoms with Gasteiger partial charge in [0, 0.05) is 11.7 Å². The third kappa shape index (κ3) is 2.78. The van der Waals surface area contributed by atoms with Crippen molar-refractivity contribution in [2.45, 2.75) is 25.8 Å². The summed E-state index contributed by atoms with van der Waals surface area (Å²) in [4.78, 5) is 13.8. The van der Waals surface area contributed by atoms with Crippen molar-refractivity contribution in [3.05, 3.63) is 24.3 Å². The van der Waals surface area contributed by atoms with Gasteiger partial charge in [-0.1, -0.05) is 0 Å². The molecule has 0 radical (unpaired) electrons. The van der Waals surface area contributed by atoms with E-state index in [1.54, 1.807) is 7.11 Å². The van der Waals surface area contributed by atoms with E-state index in [4.69, 9.17) is 16.3 Å². The van der Waals surface area contributed by atoms with Crippen LogP contribution in [0.4, 0.5) is 5.69 Å². The van der Waals surface area contributed by atoms with Crippen LogP contribution >= 0.6 is 11.6 Å². The lowest BCUT2D eigenvalue weighted by atomic mass is 10.1. The normalized spacial score (nSPS) is 16.2. The molecule has 1 fully saturated rings. The second-order valence-corrected chi connectivity index (χ2v) is 4.94. The van der Waals surface area contributed by atoms with Crippen molar-refractivity contribution in [3.8, 4) is 5.75 Å². The number of ether oxygens (including phenoxy) is 1. The molecule has 4 heteroatoms. The highest BCUT2D eigenvalue weighted by Crippen LogP contribution is 2.37. The zero-order chi connectivity index (χ0) is 13.1. The van der Waals surface area contributed by atoms with Crippen molar-refractivity contribution >= 4 is 23.2 Å². The van der Waals surface area contributed by atoms with Gasteiger partial charge in [0.25, 0.3) is 0 Å². The number of hydrogen-bond acceptors (Lipinski definition) is 2. The summed E-state index contributed by atoms with van der Waals surface area (Å²) >= 11 is 5.71. The molecule has 1 aromatic carbocycles. The van der Waals surface area contributed by atoms with Gasteiger partial charge in [0.05, 0.1) is 7.11 Å². The van der Waals surface area contributed by atoms with Gasteiger partial charge in [0.1, 0.15) is 11.6 Å². The van der Waals surface area contributed by atoms with Gasteiger partial charge in [-0.3, -0.25) is 4.79 Å². The maximum Gasteiger partial charge on any atom is 0.242 e. The Balaban J connectivity index is 2.23. The largest absolute Gasteiger partial charge is 0.497 e. The van der Waals surface area contributed by atoms with E-state index in [-0.39, 0.29) is 17.8 Å². The average molecular weight is 268 g/mol. The Morgan fingerprint density at radius 3 is 2.50 bits per heavy atom. The summed E-state index contributed by atoms with van der Waals surface area (Å²) < 4.78 is 5.13. The highest BCUT2D eigenvalue weighted by Gasteiger charge is 2.34. The molecule has 98 valence electrons. The standard InChI is InChI=1S/C14H18ClNO2/c1-10(11-3-4-11)16(14(17)9-15)12-5-7-13(18-2)8-6-12/h5-8,10-11H,3-4,9H2,1-2H3. The van der Waals surface area contributed by atoms with Crippen LogP contribution in [0, 0.1) is 5.92 Å². The molecule has 0 bridgehead atoms. The Kier molecular flexibility index (Phi) is 4.12. The Morgan fingerprint density at radius 2 is 2.06 bits per heavy atom. The Morgan fingerprint density at radius 1 is 1.44 bits per heavy atom. The lowest BCUT2D eigenvalue weighted by Gasteiger charge is -2.29. The van der Waals surface area contributed by atoms with Gasteiger partial charge < -0.3 is 9.64 Å². The van der Waals surface area contributed by atoms with Crippen molar-refractivity contribution in [1.82, 2.24) is 0 Å². The molecule has 1 unspecified atom stereocenters. The summed E-state index contributed by atoms with van der Waals surface area (Å²) in [5, 5.41) is 0. The fourth-order valence-corrected chi connectivity index (χ4v) is 2.33. The van der Waals surface area contributed by atoms with Crippen LogP contribution in [0.2, 0.25) is 0 Å². The molecule has 0 spiro atoms. The summed E-state index contributed by atoms with van der Waals surface area (Å²) in [5.74, 6) is 1.37. The molecule has 1 aromatic rings. The molecule has 18 heavy (non-hydrogen) atoms. The summed E-state index contributed by atoms with van der Waals surface area (Å²) in [6, 6.07) is 7.75. The molecule has 2 rings (SSSR count). The van der Waals surface area contributed by atoms with E-state index in [2.05, 4.69) is 6.92 Å². The fraction of sp³-hybridized carbons (Fsp3) is 0.500. The first-order valence-corrected chi connectivity index (χ1v) is 6.73. The molecule has 0 aliphatic heterocycles. The van der Waals surface area contributed by atoms with Crippen LogP contribution in [-0.4, -0.2) is 24.9 Å². The number of hydrogen-bond donors (Lipinski definition) is 0. The molecule has 0 saturated heterocycles. The van der Waals surface area contributed by atoms with Gasteiger partial charge in [-0.2, -0.15) is 0 Å². The third-order valence-corrected chi connectivity index (χ3v) is 3.67. The van der Waals surface area contributed by atoms with Crippen molar-refractivity contribution in [2.24, 2.45) is 5.92 Å². The smallest absolute Gasteiger partial charge is 0.242 e. The van der Waals surface area contributed by atoms with Crippen molar-refractivity contribution in [1.29, 1.82) is 0 Å². The van der Waals surface area contributed by atoms with Gasteiger partial charge in [-0.15, -0.1) is 11.6 Å². The summed E-state index contributed by atoms with van der Waals surface area (Å²) in [5.41, 5.74) is 0.890. The zero-order valence-corrected chi connectivity index (χ0v) is 11.5. The van der Waals surface area contributed by atoms with E-state index in [9.17, 15) is 4.79 Å².